The summed E-state index contributed by atoms with van der Waals surface area (Å²) in [5.74, 6) is -0.357. The lowest BCUT2D eigenvalue weighted by Gasteiger charge is -2.08. The fourth-order valence-electron chi connectivity index (χ4n) is 2.24. The van der Waals surface area contributed by atoms with E-state index in [-0.39, 0.29) is 11.4 Å². The monoisotopic (exact) mass is 344 g/mol. The first-order valence-corrected chi connectivity index (χ1v) is 8.35. The van der Waals surface area contributed by atoms with Crippen LogP contribution in [0.5, 0.6) is 0 Å². The van der Waals surface area contributed by atoms with E-state index < -0.39 is 0 Å². The van der Waals surface area contributed by atoms with Gasteiger partial charge in [-0.1, -0.05) is 0 Å². The lowest BCUT2D eigenvalue weighted by Crippen LogP contribution is -2.19. The topological polar surface area (TPSA) is 60.7 Å². The van der Waals surface area contributed by atoms with Crippen LogP contribution in [0.15, 0.2) is 50.9 Å². The van der Waals surface area contributed by atoms with Crippen LogP contribution in [-0.2, 0) is 7.05 Å². The van der Waals surface area contributed by atoms with Gasteiger partial charge in [0.05, 0.1) is 10.9 Å². The molecule has 4 aromatic rings. The van der Waals surface area contributed by atoms with Crippen LogP contribution in [0.4, 0.5) is 4.39 Å². The summed E-state index contributed by atoms with van der Waals surface area (Å²) < 4.78 is 15.0. The molecular weight excluding hydrogens is 335 g/mol. The van der Waals surface area contributed by atoms with Crippen molar-refractivity contribution >= 4 is 44.2 Å². The number of halogens is 1. The number of hydrogen-bond acceptors (Lipinski definition) is 6. The van der Waals surface area contributed by atoms with Crippen LogP contribution in [0.2, 0.25) is 0 Å². The first-order valence-electron chi connectivity index (χ1n) is 6.66. The third-order valence-electron chi connectivity index (χ3n) is 3.41. The minimum absolute atomic E-state index is 0.108. The zero-order valence-corrected chi connectivity index (χ0v) is 13.5. The summed E-state index contributed by atoms with van der Waals surface area (Å²) in [7, 11) is 1.67. The van der Waals surface area contributed by atoms with E-state index in [1.807, 2.05) is 5.38 Å². The maximum atomic E-state index is 13.5. The normalized spacial score (nSPS) is 11.4. The first-order chi connectivity index (χ1) is 11.1. The van der Waals surface area contributed by atoms with Gasteiger partial charge in [-0.25, -0.2) is 19.3 Å². The van der Waals surface area contributed by atoms with Gasteiger partial charge in [0, 0.05) is 12.4 Å². The molecule has 0 bridgehead atoms. The van der Waals surface area contributed by atoms with Gasteiger partial charge in [0.2, 0.25) is 0 Å². The molecule has 0 atom stereocenters. The third-order valence-corrected chi connectivity index (χ3v) is 5.29. The van der Waals surface area contributed by atoms with Gasteiger partial charge in [0.25, 0.3) is 5.56 Å². The quantitative estimate of drug-likeness (QED) is 0.413. The number of fused-ring (bicyclic) bond motifs is 2. The highest BCUT2D eigenvalue weighted by Crippen LogP contribution is 2.30. The smallest absolute Gasteiger partial charge is 0.262 e. The van der Waals surface area contributed by atoms with Crippen LogP contribution in [-0.4, -0.2) is 19.5 Å². The van der Waals surface area contributed by atoms with Gasteiger partial charge in [0.15, 0.2) is 5.16 Å². The van der Waals surface area contributed by atoms with Crippen molar-refractivity contribution in [1.29, 1.82) is 0 Å². The van der Waals surface area contributed by atoms with Crippen molar-refractivity contribution in [3.8, 4) is 0 Å². The standard InChI is InChI=1S/C15H9FN4OS2/c1-20-14(21)9-4-5-22-13(9)19-15(20)23-12-10-6-8(16)2-3-11(10)17-7-18-12/h2-7H,1H3. The van der Waals surface area contributed by atoms with Crippen molar-refractivity contribution in [2.75, 3.05) is 0 Å². The highest BCUT2D eigenvalue weighted by atomic mass is 32.2. The lowest BCUT2D eigenvalue weighted by atomic mass is 10.2. The Bertz CT molecular complexity index is 1110. The number of hydrogen-bond donors (Lipinski definition) is 0. The molecule has 0 spiro atoms. The van der Waals surface area contributed by atoms with Crippen molar-refractivity contribution < 1.29 is 4.39 Å². The summed E-state index contributed by atoms with van der Waals surface area (Å²) >= 11 is 2.64. The Morgan fingerprint density at radius 1 is 1.22 bits per heavy atom. The Morgan fingerprint density at radius 2 is 2.09 bits per heavy atom. The van der Waals surface area contributed by atoms with Gasteiger partial charge in [-0.15, -0.1) is 11.3 Å². The van der Waals surface area contributed by atoms with Gasteiger partial charge in [-0.2, -0.15) is 0 Å². The zero-order chi connectivity index (χ0) is 16.0. The van der Waals surface area contributed by atoms with E-state index in [9.17, 15) is 9.18 Å². The molecule has 0 aliphatic heterocycles. The van der Waals surface area contributed by atoms with Gasteiger partial charge in [0.1, 0.15) is 22.0 Å². The van der Waals surface area contributed by atoms with E-state index in [4.69, 9.17) is 0 Å². The molecule has 0 amide bonds. The second-order valence-electron chi connectivity index (χ2n) is 4.84. The summed E-state index contributed by atoms with van der Waals surface area (Å²) in [5, 5.41) is 4.10. The molecule has 0 radical (unpaired) electrons. The zero-order valence-electron chi connectivity index (χ0n) is 11.9. The first kappa shape index (κ1) is 14.3. The molecule has 5 nitrogen and oxygen atoms in total. The second-order valence-corrected chi connectivity index (χ2v) is 6.69. The van der Waals surface area contributed by atoms with E-state index >= 15 is 0 Å². The molecule has 0 unspecified atom stereocenters. The maximum absolute atomic E-state index is 13.5. The summed E-state index contributed by atoms with van der Waals surface area (Å²) in [6, 6.07) is 6.11. The Labute approximate surface area is 137 Å². The molecule has 3 heterocycles. The Kier molecular flexibility index (Phi) is 3.35. The van der Waals surface area contributed by atoms with E-state index in [1.165, 1.54) is 46.1 Å². The molecule has 4 rings (SSSR count). The summed E-state index contributed by atoms with van der Waals surface area (Å²) in [5.41, 5.74) is 0.536. The van der Waals surface area contributed by atoms with Crippen LogP contribution >= 0.6 is 23.1 Å². The number of rotatable bonds is 2. The molecule has 0 fully saturated rings. The predicted octanol–water partition coefficient (Wildman–Crippen LogP) is 3.23. The predicted molar refractivity (Wildman–Crippen MR) is 88.5 cm³/mol. The minimum Gasteiger partial charge on any atom is -0.290 e. The van der Waals surface area contributed by atoms with Crippen LogP contribution in [0, 0.1) is 5.82 Å². The molecule has 0 aliphatic rings. The molecule has 0 aliphatic carbocycles. The molecule has 114 valence electrons. The van der Waals surface area contributed by atoms with Gasteiger partial charge >= 0.3 is 0 Å². The highest BCUT2D eigenvalue weighted by molar-refractivity contribution is 7.99. The Balaban J connectivity index is 1.90. The van der Waals surface area contributed by atoms with Crippen LogP contribution in [0.3, 0.4) is 0 Å². The average molecular weight is 344 g/mol. The molecule has 0 saturated heterocycles. The summed E-state index contributed by atoms with van der Waals surface area (Å²) in [6.07, 6.45) is 1.42. The number of aromatic nitrogens is 4. The molecule has 3 aromatic heterocycles. The van der Waals surface area contributed by atoms with Crippen molar-refractivity contribution in [1.82, 2.24) is 19.5 Å². The fraction of sp³-hybridized carbons (Fsp3) is 0.0667. The Hall–Kier alpha value is -2.32. The number of thiophene rings is 1. The third kappa shape index (κ3) is 2.40. The van der Waals surface area contributed by atoms with Gasteiger partial charge in [-0.05, 0) is 41.4 Å². The van der Waals surface area contributed by atoms with Crippen molar-refractivity contribution in [2.24, 2.45) is 7.05 Å². The number of nitrogens with zero attached hydrogens (tertiary/aromatic N) is 4. The largest absolute Gasteiger partial charge is 0.290 e. The second kappa shape index (κ2) is 5.39. The molecule has 0 N–H and O–H groups in total. The Morgan fingerprint density at radius 3 is 2.96 bits per heavy atom. The van der Waals surface area contributed by atoms with Crippen LogP contribution < -0.4 is 5.56 Å². The van der Waals surface area contributed by atoms with Crippen molar-refractivity contribution in [3.63, 3.8) is 0 Å². The molecule has 0 saturated carbocycles. The summed E-state index contributed by atoms with van der Waals surface area (Å²) in [4.78, 5) is 25.9. The van der Waals surface area contributed by atoms with Crippen LogP contribution in [0.25, 0.3) is 21.1 Å². The fourth-order valence-corrected chi connectivity index (χ4v) is 3.96. The van der Waals surface area contributed by atoms with Gasteiger partial charge in [-0.3, -0.25) is 9.36 Å². The van der Waals surface area contributed by atoms with E-state index in [0.29, 0.717) is 31.3 Å². The lowest BCUT2D eigenvalue weighted by molar-refractivity contribution is 0.629. The SMILES string of the molecule is Cn1c(Sc2ncnc3ccc(F)cc23)nc2sccc2c1=O. The number of benzene rings is 1. The van der Waals surface area contributed by atoms with E-state index in [2.05, 4.69) is 15.0 Å². The molecule has 23 heavy (non-hydrogen) atoms. The van der Waals surface area contributed by atoms with Crippen molar-refractivity contribution in [3.05, 3.63) is 52.1 Å². The van der Waals surface area contributed by atoms with Crippen molar-refractivity contribution in [2.45, 2.75) is 10.2 Å². The highest BCUT2D eigenvalue weighted by Gasteiger charge is 2.13. The minimum atomic E-state index is -0.357. The molecule has 8 heteroatoms. The van der Waals surface area contributed by atoms with Gasteiger partial charge < -0.3 is 0 Å². The summed E-state index contributed by atoms with van der Waals surface area (Å²) in [6.45, 7) is 0. The maximum Gasteiger partial charge on any atom is 0.262 e. The van der Waals surface area contributed by atoms with Crippen LogP contribution in [0.1, 0.15) is 0 Å². The molecule has 1 aromatic carbocycles. The van der Waals surface area contributed by atoms with E-state index in [1.54, 1.807) is 19.2 Å². The average Bonchev–Trinajstić information content (AvgIpc) is 3.01. The molecular formula is C15H9FN4OS2. The van der Waals surface area contributed by atoms with E-state index in [0.717, 1.165) is 0 Å².